The zero-order valence-electron chi connectivity index (χ0n) is 13.8. The molecule has 2 fully saturated rings. The highest BCUT2D eigenvalue weighted by Gasteiger charge is 2.49. The number of anilines is 1. The van der Waals surface area contributed by atoms with Crippen LogP contribution in [0.15, 0.2) is 12.4 Å². The van der Waals surface area contributed by atoms with E-state index in [0.717, 1.165) is 44.1 Å². The number of hydrogen-bond acceptors (Lipinski definition) is 5. The molecular weight excluding hydrogens is 280 g/mol. The summed E-state index contributed by atoms with van der Waals surface area (Å²) in [6.07, 6.45) is 4.45. The molecule has 6 nitrogen and oxygen atoms in total. The van der Waals surface area contributed by atoms with Crippen molar-refractivity contribution in [2.24, 2.45) is 5.41 Å². The smallest absolute Gasteiger partial charge is 0.410 e. The number of hydrogen-bond donors (Lipinski definition) is 0. The van der Waals surface area contributed by atoms with Gasteiger partial charge in [0.1, 0.15) is 11.4 Å². The third kappa shape index (κ3) is 3.00. The lowest BCUT2D eigenvalue weighted by molar-refractivity contribution is 0.0265. The van der Waals surface area contributed by atoms with Gasteiger partial charge in [-0.05, 0) is 34.1 Å². The minimum Gasteiger partial charge on any atom is -0.444 e. The van der Waals surface area contributed by atoms with Crippen molar-refractivity contribution < 1.29 is 9.53 Å². The summed E-state index contributed by atoms with van der Waals surface area (Å²) in [7, 11) is 0. The van der Waals surface area contributed by atoms with E-state index in [1.54, 1.807) is 6.20 Å². The average molecular weight is 304 g/mol. The third-order valence-electron chi connectivity index (χ3n) is 4.23. The van der Waals surface area contributed by atoms with E-state index < -0.39 is 5.60 Å². The molecule has 2 aliphatic rings. The number of carbonyl (C=O) groups excluding carboxylic acids is 1. The van der Waals surface area contributed by atoms with Crippen LogP contribution in [0.1, 0.15) is 32.9 Å². The lowest BCUT2D eigenvalue weighted by Gasteiger charge is -2.48. The number of carbonyl (C=O) groups is 1. The molecule has 0 N–H and O–H groups in total. The van der Waals surface area contributed by atoms with Gasteiger partial charge in [-0.25, -0.2) is 9.78 Å². The quantitative estimate of drug-likeness (QED) is 0.796. The molecule has 0 bridgehead atoms. The molecule has 1 aromatic heterocycles. The second-order valence-corrected chi connectivity index (χ2v) is 7.52. The largest absolute Gasteiger partial charge is 0.444 e. The first kappa shape index (κ1) is 15.1. The predicted molar refractivity (Wildman–Crippen MR) is 83.8 cm³/mol. The molecule has 120 valence electrons. The molecule has 0 aromatic carbocycles. The number of nitrogens with zero attached hydrogens (tertiary/aromatic N) is 4. The summed E-state index contributed by atoms with van der Waals surface area (Å²) < 4.78 is 5.46. The maximum absolute atomic E-state index is 12.1. The number of ether oxygens (including phenoxy) is 1. The summed E-state index contributed by atoms with van der Waals surface area (Å²) >= 11 is 0. The molecular formula is C16H24N4O2. The van der Waals surface area contributed by atoms with Gasteiger partial charge in [-0.2, -0.15) is 0 Å². The zero-order valence-corrected chi connectivity index (χ0v) is 13.8. The summed E-state index contributed by atoms with van der Waals surface area (Å²) in [6.45, 7) is 11.1. The maximum atomic E-state index is 12.1. The van der Waals surface area contributed by atoms with Crippen LogP contribution < -0.4 is 4.90 Å². The molecule has 3 rings (SSSR count). The van der Waals surface area contributed by atoms with Crippen LogP contribution in [0.4, 0.5) is 10.6 Å². The highest BCUT2D eigenvalue weighted by Crippen LogP contribution is 2.41. The second-order valence-electron chi connectivity index (χ2n) is 7.52. The Morgan fingerprint density at radius 1 is 1.23 bits per heavy atom. The Morgan fingerprint density at radius 3 is 2.55 bits per heavy atom. The molecule has 2 saturated heterocycles. The molecule has 0 radical (unpaired) electrons. The fourth-order valence-electron chi connectivity index (χ4n) is 3.15. The summed E-state index contributed by atoms with van der Waals surface area (Å²) in [5.41, 5.74) is 0.690. The molecule has 0 aliphatic carbocycles. The number of amides is 1. The normalized spacial score (nSPS) is 20.2. The van der Waals surface area contributed by atoms with Crippen LogP contribution in [0.3, 0.4) is 0 Å². The zero-order chi connectivity index (χ0) is 16.0. The Morgan fingerprint density at radius 2 is 1.95 bits per heavy atom. The third-order valence-corrected chi connectivity index (χ3v) is 4.23. The van der Waals surface area contributed by atoms with Crippen molar-refractivity contribution in [1.82, 2.24) is 14.9 Å². The second kappa shape index (κ2) is 5.11. The SMILES string of the molecule is Cc1cnc(N2CC3(CCN(C(=O)OC(C)(C)C)C3)C2)cn1. The van der Waals surface area contributed by atoms with Crippen molar-refractivity contribution in [3.05, 3.63) is 18.1 Å². The van der Waals surface area contributed by atoms with Crippen LogP contribution in [0.2, 0.25) is 0 Å². The van der Waals surface area contributed by atoms with Crippen molar-refractivity contribution in [1.29, 1.82) is 0 Å². The van der Waals surface area contributed by atoms with E-state index in [1.165, 1.54) is 0 Å². The van der Waals surface area contributed by atoms with Gasteiger partial charge >= 0.3 is 6.09 Å². The molecule has 0 atom stereocenters. The molecule has 1 aromatic rings. The topological polar surface area (TPSA) is 58.6 Å². The fraction of sp³-hybridized carbons (Fsp3) is 0.688. The number of aromatic nitrogens is 2. The van der Waals surface area contributed by atoms with Gasteiger partial charge in [0.25, 0.3) is 0 Å². The summed E-state index contributed by atoms with van der Waals surface area (Å²) in [5, 5.41) is 0. The van der Waals surface area contributed by atoms with Crippen molar-refractivity contribution in [3.63, 3.8) is 0 Å². The van der Waals surface area contributed by atoms with Crippen LogP contribution in [-0.4, -0.2) is 52.7 Å². The Hall–Kier alpha value is -1.85. The van der Waals surface area contributed by atoms with Crippen LogP contribution in [-0.2, 0) is 4.74 Å². The first-order valence-corrected chi connectivity index (χ1v) is 7.78. The lowest BCUT2D eigenvalue weighted by atomic mass is 9.79. The van der Waals surface area contributed by atoms with Gasteiger partial charge in [0, 0.05) is 31.6 Å². The van der Waals surface area contributed by atoms with Crippen LogP contribution >= 0.6 is 0 Å². The van der Waals surface area contributed by atoms with Crippen LogP contribution in [0, 0.1) is 12.3 Å². The number of rotatable bonds is 1. The van der Waals surface area contributed by atoms with Gasteiger partial charge < -0.3 is 14.5 Å². The standard InChI is InChI=1S/C16H24N4O2/c1-12-7-18-13(8-17-12)20-10-16(11-20)5-6-19(9-16)14(21)22-15(2,3)4/h7-8H,5-6,9-11H2,1-4H3. The van der Waals surface area contributed by atoms with Crippen LogP contribution in [0.5, 0.6) is 0 Å². The molecule has 3 heterocycles. The fourth-order valence-corrected chi connectivity index (χ4v) is 3.15. The van der Waals surface area contributed by atoms with E-state index in [1.807, 2.05) is 38.8 Å². The van der Waals surface area contributed by atoms with Crippen molar-refractivity contribution in [2.45, 2.75) is 39.7 Å². The Balaban J connectivity index is 1.56. The minimum atomic E-state index is -0.435. The predicted octanol–water partition coefficient (Wildman–Crippen LogP) is 2.23. The maximum Gasteiger partial charge on any atom is 0.410 e. The van der Waals surface area contributed by atoms with Gasteiger partial charge in [0.2, 0.25) is 0 Å². The van der Waals surface area contributed by atoms with Gasteiger partial charge in [-0.3, -0.25) is 4.98 Å². The van der Waals surface area contributed by atoms with Crippen molar-refractivity contribution in [3.8, 4) is 0 Å². The molecule has 1 spiro atoms. The van der Waals surface area contributed by atoms with E-state index >= 15 is 0 Å². The molecule has 1 amide bonds. The molecule has 6 heteroatoms. The minimum absolute atomic E-state index is 0.196. The van der Waals surface area contributed by atoms with Gasteiger partial charge in [0.15, 0.2) is 0 Å². The van der Waals surface area contributed by atoms with E-state index in [4.69, 9.17) is 4.74 Å². The average Bonchev–Trinajstić information content (AvgIpc) is 2.81. The summed E-state index contributed by atoms with van der Waals surface area (Å²) in [6, 6.07) is 0. The van der Waals surface area contributed by atoms with E-state index in [-0.39, 0.29) is 11.5 Å². The molecule has 0 saturated carbocycles. The van der Waals surface area contributed by atoms with Crippen LogP contribution in [0.25, 0.3) is 0 Å². The van der Waals surface area contributed by atoms with Gasteiger partial charge in [-0.15, -0.1) is 0 Å². The molecule has 0 unspecified atom stereocenters. The Bertz CT molecular complexity index is 559. The van der Waals surface area contributed by atoms with E-state index in [2.05, 4.69) is 14.9 Å². The van der Waals surface area contributed by atoms with Crippen molar-refractivity contribution in [2.75, 3.05) is 31.1 Å². The van der Waals surface area contributed by atoms with E-state index in [0.29, 0.717) is 0 Å². The monoisotopic (exact) mass is 304 g/mol. The summed E-state index contributed by atoms with van der Waals surface area (Å²) in [4.78, 5) is 24.9. The Kier molecular flexibility index (Phi) is 3.50. The van der Waals surface area contributed by atoms with E-state index in [9.17, 15) is 4.79 Å². The molecule has 2 aliphatic heterocycles. The first-order valence-electron chi connectivity index (χ1n) is 7.78. The lowest BCUT2D eigenvalue weighted by Crippen LogP contribution is -2.58. The Labute approximate surface area is 131 Å². The molecule has 22 heavy (non-hydrogen) atoms. The number of aryl methyl sites for hydroxylation is 1. The summed E-state index contributed by atoms with van der Waals surface area (Å²) in [5.74, 6) is 0.923. The highest BCUT2D eigenvalue weighted by atomic mass is 16.6. The number of likely N-dealkylation sites (tertiary alicyclic amines) is 1. The first-order chi connectivity index (χ1) is 10.3. The van der Waals surface area contributed by atoms with Crippen molar-refractivity contribution >= 4 is 11.9 Å². The van der Waals surface area contributed by atoms with Gasteiger partial charge in [0.05, 0.1) is 18.1 Å². The highest BCUT2D eigenvalue weighted by molar-refractivity contribution is 5.68. The van der Waals surface area contributed by atoms with Gasteiger partial charge in [-0.1, -0.05) is 0 Å².